The van der Waals surface area contributed by atoms with Crippen LogP contribution in [-0.4, -0.2) is 16.1 Å². The largest absolute Gasteiger partial charge is 0.455 e. The van der Waals surface area contributed by atoms with Crippen LogP contribution in [0.15, 0.2) is 50.3 Å². The van der Waals surface area contributed by atoms with Crippen molar-refractivity contribution >= 4 is 17.8 Å². The standard InChI is InChI=1S/C18H15N5O4/c1-11(2)17-21-15(9-19)18(27-17)22-20-10-14-6-7-16(26-14)12-4-3-5-13(8-12)23(24)25/h3-8,10-11,22H,1-2H3/b20-10+. The molecule has 1 N–H and O–H groups in total. The van der Waals surface area contributed by atoms with Gasteiger partial charge in [-0.25, -0.2) is 10.4 Å². The third-order valence-electron chi connectivity index (χ3n) is 3.57. The third-order valence-corrected chi connectivity index (χ3v) is 3.57. The van der Waals surface area contributed by atoms with E-state index >= 15 is 0 Å². The van der Waals surface area contributed by atoms with Gasteiger partial charge in [0.2, 0.25) is 11.6 Å². The van der Waals surface area contributed by atoms with Gasteiger partial charge in [0.05, 0.1) is 11.1 Å². The molecule has 0 amide bonds. The highest BCUT2D eigenvalue weighted by atomic mass is 16.6. The summed E-state index contributed by atoms with van der Waals surface area (Å²) < 4.78 is 11.1. The number of anilines is 1. The van der Waals surface area contributed by atoms with Gasteiger partial charge in [-0.15, -0.1) is 0 Å². The van der Waals surface area contributed by atoms with E-state index < -0.39 is 4.92 Å². The Morgan fingerprint density at radius 2 is 2.15 bits per heavy atom. The quantitative estimate of drug-likeness (QED) is 0.392. The van der Waals surface area contributed by atoms with Gasteiger partial charge in [0.25, 0.3) is 11.6 Å². The number of aromatic nitrogens is 1. The first-order chi connectivity index (χ1) is 13.0. The number of nitro benzene ring substituents is 1. The predicted molar refractivity (Wildman–Crippen MR) is 97.3 cm³/mol. The van der Waals surface area contributed by atoms with E-state index in [1.807, 2.05) is 19.9 Å². The highest BCUT2D eigenvalue weighted by Crippen LogP contribution is 2.25. The fraction of sp³-hybridized carbons (Fsp3) is 0.167. The molecule has 0 aliphatic carbocycles. The van der Waals surface area contributed by atoms with E-state index in [2.05, 4.69) is 15.5 Å². The molecule has 3 aromatic rings. The summed E-state index contributed by atoms with van der Waals surface area (Å²) >= 11 is 0. The van der Waals surface area contributed by atoms with E-state index in [9.17, 15) is 10.1 Å². The molecule has 2 heterocycles. The van der Waals surface area contributed by atoms with Crippen molar-refractivity contribution < 1.29 is 13.8 Å². The second kappa shape index (κ2) is 7.53. The summed E-state index contributed by atoms with van der Waals surface area (Å²) in [7, 11) is 0. The number of hydrogen-bond donors (Lipinski definition) is 1. The lowest BCUT2D eigenvalue weighted by Crippen LogP contribution is -1.90. The second-order valence-electron chi connectivity index (χ2n) is 5.88. The number of nitrogens with one attached hydrogen (secondary N) is 1. The van der Waals surface area contributed by atoms with Gasteiger partial charge in [-0.05, 0) is 12.1 Å². The average Bonchev–Trinajstić information content (AvgIpc) is 3.29. The van der Waals surface area contributed by atoms with Gasteiger partial charge < -0.3 is 8.83 Å². The molecule has 27 heavy (non-hydrogen) atoms. The highest BCUT2D eigenvalue weighted by molar-refractivity contribution is 5.78. The summed E-state index contributed by atoms with van der Waals surface area (Å²) in [6.45, 7) is 3.80. The molecule has 0 saturated carbocycles. The molecule has 9 nitrogen and oxygen atoms in total. The smallest absolute Gasteiger partial charge is 0.270 e. The number of rotatable bonds is 6. The Morgan fingerprint density at radius 1 is 1.33 bits per heavy atom. The Hall–Kier alpha value is -3.93. The average molecular weight is 365 g/mol. The summed E-state index contributed by atoms with van der Waals surface area (Å²) in [6, 6.07) is 11.4. The van der Waals surface area contributed by atoms with Gasteiger partial charge in [-0.2, -0.15) is 10.4 Å². The minimum absolute atomic E-state index is 0.0175. The molecule has 0 bridgehead atoms. The lowest BCUT2D eigenvalue weighted by Gasteiger charge is -1.97. The molecule has 0 spiro atoms. The zero-order valence-corrected chi connectivity index (χ0v) is 14.5. The normalized spacial score (nSPS) is 11.0. The number of non-ortho nitro benzene ring substituents is 1. The molecule has 2 aromatic heterocycles. The molecule has 0 atom stereocenters. The lowest BCUT2D eigenvalue weighted by atomic mass is 10.1. The van der Waals surface area contributed by atoms with Crippen molar-refractivity contribution in [3.63, 3.8) is 0 Å². The maximum Gasteiger partial charge on any atom is 0.270 e. The minimum atomic E-state index is -0.464. The third kappa shape index (κ3) is 4.01. The van der Waals surface area contributed by atoms with Gasteiger partial charge >= 0.3 is 0 Å². The van der Waals surface area contributed by atoms with E-state index in [1.165, 1.54) is 18.3 Å². The number of oxazole rings is 1. The van der Waals surface area contributed by atoms with Gasteiger partial charge in [0.15, 0.2) is 0 Å². The Morgan fingerprint density at radius 3 is 2.85 bits per heavy atom. The van der Waals surface area contributed by atoms with E-state index in [4.69, 9.17) is 14.1 Å². The minimum Gasteiger partial charge on any atom is -0.455 e. The highest BCUT2D eigenvalue weighted by Gasteiger charge is 2.15. The number of nitrogens with zero attached hydrogens (tertiary/aromatic N) is 4. The summed E-state index contributed by atoms with van der Waals surface area (Å²) in [5.41, 5.74) is 3.31. The van der Waals surface area contributed by atoms with Crippen LogP contribution in [0.3, 0.4) is 0 Å². The van der Waals surface area contributed by atoms with Gasteiger partial charge in [-0.1, -0.05) is 26.0 Å². The maximum atomic E-state index is 10.9. The van der Waals surface area contributed by atoms with E-state index in [1.54, 1.807) is 24.3 Å². The zero-order valence-electron chi connectivity index (χ0n) is 14.5. The van der Waals surface area contributed by atoms with Gasteiger partial charge in [0, 0.05) is 23.6 Å². The molecule has 0 unspecified atom stereocenters. The molecule has 136 valence electrons. The molecule has 0 aliphatic heterocycles. The van der Waals surface area contributed by atoms with Crippen LogP contribution >= 0.6 is 0 Å². The van der Waals surface area contributed by atoms with Crippen molar-refractivity contribution in [1.82, 2.24) is 4.98 Å². The molecule has 0 radical (unpaired) electrons. The number of nitro groups is 1. The number of benzene rings is 1. The first-order valence-electron chi connectivity index (χ1n) is 8.02. The van der Waals surface area contributed by atoms with Crippen LogP contribution in [0.5, 0.6) is 0 Å². The first kappa shape index (κ1) is 17.9. The van der Waals surface area contributed by atoms with Crippen LogP contribution in [0.25, 0.3) is 11.3 Å². The molecule has 3 rings (SSSR count). The topological polar surface area (TPSA) is 130 Å². The second-order valence-corrected chi connectivity index (χ2v) is 5.88. The van der Waals surface area contributed by atoms with Crippen molar-refractivity contribution in [2.24, 2.45) is 5.10 Å². The van der Waals surface area contributed by atoms with Crippen LogP contribution < -0.4 is 5.43 Å². The Bertz CT molecular complexity index is 1040. The summed E-state index contributed by atoms with van der Waals surface area (Å²) in [6.07, 6.45) is 1.40. The lowest BCUT2D eigenvalue weighted by molar-refractivity contribution is -0.384. The first-order valence-corrected chi connectivity index (χ1v) is 8.02. The molecule has 0 aliphatic rings. The van der Waals surface area contributed by atoms with Crippen LogP contribution in [0.4, 0.5) is 11.6 Å². The Kier molecular flexibility index (Phi) is 4.99. The summed E-state index contributed by atoms with van der Waals surface area (Å²) in [5.74, 6) is 1.53. The SMILES string of the molecule is CC(C)c1nc(C#N)c(N/N=C/c2ccc(-c3cccc([N+](=O)[O-])c3)o2)o1. The predicted octanol–water partition coefficient (Wildman–Crippen LogP) is 4.28. The molecule has 0 fully saturated rings. The zero-order chi connectivity index (χ0) is 19.4. The molecular formula is C18H15N5O4. The van der Waals surface area contributed by atoms with Gasteiger partial charge in [0.1, 0.15) is 17.6 Å². The summed E-state index contributed by atoms with van der Waals surface area (Å²) in [4.78, 5) is 14.5. The van der Waals surface area contributed by atoms with E-state index in [0.29, 0.717) is 23.0 Å². The Balaban J connectivity index is 1.74. The van der Waals surface area contributed by atoms with Crippen molar-refractivity contribution in [3.05, 3.63) is 63.9 Å². The molecular weight excluding hydrogens is 350 g/mol. The van der Waals surface area contributed by atoms with Gasteiger partial charge in [-0.3, -0.25) is 10.1 Å². The molecule has 1 aromatic carbocycles. The monoisotopic (exact) mass is 365 g/mol. The van der Waals surface area contributed by atoms with Crippen LogP contribution in [0, 0.1) is 21.4 Å². The van der Waals surface area contributed by atoms with E-state index in [-0.39, 0.29) is 23.2 Å². The van der Waals surface area contributed by atoms with E-state index in [0.717, 1.165) is 0 Å². The number of furan rings is 1. The van der Waals surface area contributed by atoms with Crippen LogP contribution in [0.2, 0.25) is 0 Å². The van der Waals surface area contributed by atoms with Crippen molar-refractivity contribution in [3.8, 4) is 17.4 Å². The van der Waals surface area contributed by atoms with Crippen LogP contribution in [-0.2, 0) is 0 Å². The van der Waals surface area contributed by atoms with Crippen LogP contribution in [0.1, 0.15) is 37.1 Å². The maximum absolute atomic E-state index is 10.9. The summed E-state index contributed by atoms with van der Waals surface area (Å²) in [5, 5.41) is 23.9. The van der Waals surface area contributed by atoms with Crippen molar-refractivity contribution in [2.45, 2.75) is 19.8 Å². The van der Waals surface area contributed by atoms with Crippen molar-refractivity contribution in [1.29, 1.82) is 5.26 Å². The fourth-order valence-corrected chi connectivity index (χ4v) is 2.24. The fourth-order valence-electron chi connectivity index (χ4n) is 2.24. The number of hydrogen-bond acceptors (Lipinski definition) is 8. The molecule has 9 heteroatoms. The van der Waals surface area contributed by atoms with Crippen molar-refractivity contribution in [2.75, 3.05) is 5.43 Å². The number of hydrazone groups is 1. The number of nitriles is 1. The molecule has 0 saturated heterocycles. The Labute approximate surface area is 154 Å².